The molecule has 0 saturated carbocycles. The number of amides is 1. The number of hydrogen-bond acceptors (Lipinski definition) is 4. The molecule has 0 aromatic heterocycles. The Bertz CT molecular complexity index is 472. The smallest absolute Gasteiger partial charge is 0.253 e. The molecule has 1 aromatic carbocycles. The highest BCUT2D eigenvalue weighted by Gasteiger charge is 2.29. The Labute approximate surface area is 144 Å². The molecule has 0 unspecified atom stereocenters. The third-order valence-electron chi connectivity index (χ3n) is 3.36. The normalized spacial score (nSPS) is 20.2. The lowest BCUT2D eigenvalue weighted by Gasteiger charge is -2.14. The van der Waals surface area contributed by atoms with Crippen LogP contribution in [0, 0.1) is 0 Å². The number of carbonyl (C=O) groups is 1. The van der Waals surface area contributed by atoms with Crippen molar-refractivity contribution in [2.75, 3.05) is 26.0 Å². The zero-order chi connectivity index (χ0) is 14.5. The number of rotatable bonds is 5. The van der Waals surface area contributed by atoms with Crippen LogP contribution in [-0.2, 0) is 16.1 Å². The molecule has 3 N–H and O–H groups in total. The molecule has 1 fully saturated rings. The largest absolute Gasteiger partial charge is 0.364 e. The number of halogens is 2. The first-order valence-corrected chi connectivity index (χ1v) is 6.98. The molecule has 126 valence electrons. The fourth-order valence-electron chi connectivity index (χ4n) is 2.41. The van der Waals surface area contributed by atoms with Gasteiger partial charge in [0.05, 0.1) is 6.10 Å². The Morgan fingerprint density at radius 1 is 1.36 bits per heavy atom. The summed E-state index contributed by atoms with van der Waals surface area (Å²) < 4.78 is 5.59. The van der Waals surface area contributed by atoms with E-state index in [1.807, 2.05) is 38.4 Å². The number of benzene rings is 1. The number of anilines is 1. The average Bonchev–Trinajstić information content (AvgIpc) is 2.87. The first-order chi connectivity index (χ1) is 9.58. The van der Waals surface area contributed by atoms with Gasteiger partial charge in [-0.25, -0.2) is 0 Å². The SMILES string of the molecule is CN(C)Cc1cccc(NC(=O)[C@@H]2CC[C@H](CN)O2)c1.Cl.Cl. The summed E-state index contributed by atoms with van der Waals surface area (Å²) in [6, 6.07) is 7.89. The minimum Gasteiger partial charge on any atom is -0.364 e. The number of hydrogen-bond donors (Lipinski definition) is 2. The summed E-state index contributed by atoms with van der Waals surface area (Å²) in [4.78, 5) is 14.2. The summed E-state index contributed by atoms with van der Waals surface area (Å²) >= 11 is 0. The van der Waals surface area contributed by atoms with Gasteiger partial charge in [-0.2, -0.15) is 0 Å². The van der Waals surface area contributed by atoms with Crippen LogP contribution in [0.3, 0.4) is 0 Å². The Morgan fingerprint density at radius 2 is 2.09 bits per heavy atom. The molecule has 0 aliphatic carbocycles. The predicted molar refractivity (Wildman–Crippen MR) is 93.9 cm³/mol. The highest BCUT2D eigenvalue weighted by molar-refractivity contribution is 5.94. The Hall–Kier alpha value is -0.850. The van der Waals surface area contributed by atoms with Gasteiger partial charge in [0.25, 0.3) is 5.91 Å². The van der Waals surface area contributed by atoms with Crippen LogP contribution in [0.15, 0.2) is 24.3 Å². The number of nitrogens with two attached hydrogens (primary N) is 1. The van der Waals surface area contributed by atoms with Gasteiger partial charge < -0.3 is 20.7 Å². The van der Waals surface area contributed by atoms with Crippen LogP contribution in [0.4, 0.5) is 5.69 Å². The van der Waals surface area contributed by atoms with Gasteiger partial charge in [-0.15, -0.1) is 24.8 Å². The van der Waals surface area contributed by atoms with Crippen LogP contribution in [0.5, 0.6) is 0 Å². The molecule has 22 heavy (non-hydrogen) atoms. The van der Waals surface area contributed by atoms with Crippen LogP contribution in [-0.4, -0.2) is 43.7 Å². The topological polar surface area (TPSA) is 67.6 Å². The second-order valence-corrected chi connectivity index (χ2v) is 5.49. The van der Waals surface area contributed by atoms with E-state index < -0.39 is 0 Å². The van der Waals surface area contributed by atoms with E-state index in [2.05, 4.69) is 10.2 Å². The summed E-state index contributed by atoms with van der Waals surface area (Å²) in [5.74, 6) is -0.0806. The monoisotopic (exact) mass is 349 g/mol. The standard InChI is InChI=1S/C15H23N3O2.2ClH/c1-18(2)10-11-4-3-5-12(8-11)17-15(19)14-7-6-13(9-16)20-14;;/h3-5,8,13-14H,6-7,9-10,16H2,1-2H3,(H,17,19);2*1H/t13-,14+;;/m1../s1. The van der Waals surface area contributed by atoms with Gasteiger partial charge in [0.1, 0.15) is 6.10 Å². The van der Waals surface area contributed by atoms with E-state index in [-0.39, 0.29) is 42.9 Å². The second-order valence-electron chi connectivity index (χ2n) is 5.49. The first kappa shape index (κ1) is 21.1. The number of ether oxygens (including phenoxy) is 1. The van der Waals surface area contributed by atoms with Crippen molar-refractivity contribution in [2.24, 2.45) is 5.73 Å². The highest BCUT2D eigenvalue weighted by atomic mass is 35.5. The Morgan fingerprint density at radius 3 is 2.68 bits per heavy atom. The van der Waals surface area contributed by atoms with Crippen molar-refractivity contribution in [1.29, 1.82) is 0 Å². The third kappa shape index (κ3) is 6.10. The maximum Gasteiger partial charge on any atom is 0.253 e. The van der Waals surface area contributed by atoms with Gasteiger partial charge >= 0.3 is 0 Å². The maximum atomic E-state index is 12.1. The van der Waals surface area contributed by atoms with Crippen molar-refractivity contribution in [3.05, 3.63) is 29.8 Å². The molecule has 2 atom stereocenters. The molecular weight excluding hydrogens is 325 g/mol. The molecule has 1 saturated heterocycles. The third-order valence-corrected chi connectivity index (χ3v) is 3.36. The molecule has 7 heteroatoms. The van der Waals surface area contributed by atoms with Crippen LogP contribution in [0.1, 0.15) is 18.4 Å². The van der Waals surface area contributed by atoms with Crippen molar-refractivity contribution < 1.29 is 9.53 Å². The number of carbonyl (C=O) groups excluding carboxylic acids is 1. The minimum atomic E-state index is -0.374. The van der Waals surface area contributed by atoms with E-state index in [1.165, 1.54) is 5.56 Å². The molecule has 1 heterocycles. The van der Waals surface area contributed by atoms with Gasteiger partial charge in [0.2, 0.25) is 0 Å². The molecule has 0 bridgehead atoms. The lowest BCUT2D eigenvalue weighted by Crippen LogP contribution is -2.29. The van der Waals surface area contributed by atoms with Gasteiger partial charge in [-0.3, -0.25) is 4.79 Å². The van der Waals surface area contributed by atoms with E-state index in [9.17, 15) is 4.79 Å². The van der Waals surface area contributed by atoms with Crippen molar-refractivity contribution in [3.63, 3.8) is 0 Å². The summed E-state index contributed by atoms with van der Waals surface area (Å²) in [6.45, 7) is 1.32. The van der Waals surface area contributed by atoms with Crippen LogP contribution in [0.25, 0.3) is 0 Å². The van der Waals surface area contributed by atoms with E-state index in [4.69, 9.17) is 10.5 Å². The minimum absolute atomic E-state index is 0. The van der Waals surface area contributed by atoms with Crippen molar-refractivity contribution >= 4 is 36.4 Å². The van der Waals surface area contributed by atoms with Gasteiger partial charge in [-0.05, 0) is 44.6 Å². The molecule has 1 aromatic rings. The Balaban J connectivity index is 0.00000220. The zero-order valence-corrected chi connectivity index (χ0v) is 14.6. The number of nitrogens with zero attached hydrogens (tertiary/aromatic N) is 1. The van der Waals surface area contributed by atoms with Gasteiger partial charge in [-0.1, -0.05) is 12.1 Å². The first-order valence-electron chi connectivity index (χ1n) is 6.98. The zero-order valence-electron chi connectivity index (χ0n) is 13.0. The summed E-state index contributed by atoms with van der Waals surface area (Å²) in [5.41, 5.74) is 7.53. The van der Waals surface area contributed by atoms with Gasteiger partial charge in [0.15, 0.2) is 0 Å². The average molecular weight is 350 g/mol. The van der Waals surface area contributed by atoms with Crippen molar-refractivity contribution in [3.8, 4) is 0 Å². The number of nitrogens with one attached hydrogen (secondary N) is 1. The predicted octanol–water partition coefficient (Wildman–Crippen LogP) is 2.04. The molecule has 1 aliphatic heterocycles. The Kier molecular flexibility index (Phi) is 9.64. The lowest BCUT2D eigenvalue weighted by molar-refractivity contribution is -0.126. The molecule has 0 spiro atoms. The second kappa shape index (κ2) is 10.0. The highest BCUT2D eigenvalue weighted by Crippen LogP contribution is 2.21. The fraction of sp³-hybridized carbons (Fsp3) is 0.533. The molecule has 5 nitrogen and oxygen atoms in total. The van der Waals surface area contributed by atoms with Crippen LogP contribution >= 0.6 is 24.8 Å². The van der Waals surface area contributed by atoms with E-state index in [0.717, 1.165) is 25.1 Å². The van der Waals surface area contributed by atoms with E-state index >= 15 is 0 Å². The summed E-state index contributed by atoms with van der Waals surface area (Å²) in [5, 5.41) is 2.92. The van der Waals surface area contributed by atoms with Crippen LogP contribution in [0.2, 0.25) is 0 Å². The van der Waals surface area contributed by atoms with Crippen molar-refractivity contribution in [2.45, 2.75) is 31.6 Å². The molecule has 0 radical (unpaired) electrons. The van der Waals surface area contributed by atoms with E-state index in [0.29, 0.717) is 6.54 Å². The summed E-state index contributed by atoms with van der Waals surface area (Å²) in [6.07, 6.45) is 1.24. The van der Waals surface area contributed by atoms with Crippen LogP contribution < -0.4 is 11.1 Å². The van der Waals surface area contributed by atoms with E-state index in [1.54, 1.807) is 0 Å². The fourth-order valence-corrected chi connectivity index (χ4v) is 2.41. The summed E-state index contributed by atoms with van der Waals surface area (Å²) in [7, 11) is 4.04. The van der Waals surface area contributed by atoms with Crippen molar-refractivity contribution in [1.82, 2.24) is 4.90 Å². The molecular formula is C15H25Cl2N3O2. The maximum absolute atomic E-state index is 12.1. The van der Waals surface area contributed by atoms with Gasteiger partial charge in [0, 0.05) is 18.8 Å². The molecule has 1 aliphatic rings. The lowest BCUT2D eigenvalue weighted by atomic mass is 10.1. The molecule has 2 rings (SSSR count). The quantitative estimate of drug-likeness (QED) is 0.853. The molecule has 1 amide bonds.